The summed E-state index contributed by atoms with van der Waals surface area (Å²) in [7, 11) is -3.08. The SMILES string of the molecule is CO[C@H]1/C=C/C[C@H](C)[C@@H](CC(F)(F)F)S(=O)(=O)NC(=O)c2ccc3c(c2)N(CC2CC[C@H]21)C[C@@]1(CCCc2cc(Cl)ccc21)CO3. The zero-order valence-corrected chi connectivity index (χ0v) is 27.6. The minimum absolute atomic E-state index is 0.0352. The minimum atomic E-state index is -4.74. The molecule has 1 saturated carbocycles. The van der Waals surface area contributed by atoms with Crippen LogP contribution in [0, 0.1) is 17.8 Å². The monoisotopic (exact) mass is 680 g/mol. The summed E-state index contributed by atoms with van der Waals surface area (Å²) >= 11 is 6.38. The van der Waals surface area contributed by atoms with Crippen molar-refractivity contribution in [3.63, 3.8) is 0 Å². The number of nitrogens with one attached hydrogen (secondary N) is 1. The second-order valence-electron chi connectivity index (χ2n) is 13.5. The number of anilines is 1. The van der Waals surface area contributed by atoms with Gasteiger partial charge in [-0.05, 0) is 97.7 Å². The Morgan fingerprint density at radius 3 is 2.70 bits per heavy atom. The molecule has 0 aromatic heterocycles. The zero-order valence-electron chi connectivity index (χ0n) is 26.0. The summed E-state index contributed by atoms with van der Waals surface area (Å²) in [4.78, 5) is 15.7. The lowest BCUT2D eigenvalue weighted by Crippen LogP contribution is -2.49. The van der Waals surface area contributed by atoms with E-state index in [4.69, 9.17) is 21.1 Å². The quantitative estimate of drug-likeness (QED) is 0.350. The van der Waals surface area contributed by atoms with Crippen molar-refractivity contribution in [2.45, 2.75) is 74.8 Å². The van der Waals surface area contributed by atoms with Gasteiger partial charge in [0.05, 0.1) is 30.1 Å². The predicted molar refractivity (Wildman–Crippen MR) is 171 cm³/mol. The van der Waals surface area contributed by atoms with Gasteiger partial charge in [-0.2, -0.15) is 13.2 Å². The molecule has 2 heterocycles. The van der Waals surface area contributed by atoms with Gasteiger partial charge < -0.3 is 14.4 Å². The maximum Gasteiger partial charge on any atom is 0.390 e. The summed E-state index contributed by atoms with van der Waals surface area (Å²) in [5.74, 6) is -0.881. The number of hydrogen-bond donors (Lipinski definition) is 1. The molecule has 2 aliphatic heterocycles. The number of carbonyl (C=O) groups is 1. The Morgan fingerprint density at radius 2 is 1.98 bits per heavy atom. The molecule has 46 heavy (non-hydrogen) atoms. The number of carbonyl (C=O) groups excluding carboxylic acids is 1. The number of allylic oxidation sites excluding steroid dienone is 1. The van der Waals surface area contributed by atoms with E-state index < -0.39 is 39.7 Å². The van der Waals surface area contributed by atoms with Crippen molar-refractivity contribution in [1.29, 1.82) is 0 Å². The molecule has 12 heteroatoms. The maximum atomic E-state index is 13.6. The second kappa shape index (κ2) is 12.7. The molecule has 2 aliphatic carbocycles. The minimum Gasteiger partial charge on any atom is -0.490 e. The molecule has 1 fully saturated rings. The van der Waals surface area contributed by atoms with Crippen LogP contribution in [0.3, 0.4) is 0 Å². The third kappa shape index (κ3) is 6.65. The Kier molecular flexibility index (Phi) is 9.15. The average Bonchev–Trinajstić information content (AvgIpc) is 3.13. The summed E-state index contributed by atoms with van der Waals surface area (Å²) in [5.41, 5.74) is 2.74. The van der Waals surface area contributed by atoms with Crippen molar-refractivity contribution in [3.8, 4) is 5.75 Å². The smallest absolute Gasteiger partial charge is 0.390 e. The first-order valence-electron chi connectivity index (χ1n) is 15.9. The normalized spacial score (nSPS) is 31.8. The number of alkyl halides is 3. The van der Waals surface area contributed by atoms with Crippen molar-refractivity contribution in [2.24, 2.45) is 17.8 Å². The van der Waals surface area contributed by atoms with E-state index >= 15 is 0 Å². The molecule has 2 bridgehead atoms. The van der Waals surface area contributed by atoms with E-state index in [-0.39, 0.29) is 35.3 Å². The molecule has 1 N–H and O–H groups in total. The highest BCUT2D eigenvalue weighted by Gasteiger charge is 2.45. The molecule has 7 nitrogen and oxygen atoms in total. The largest absolute Gasteiger partial charge is 0.490 e. The van der Waals surface area contributed by atoms with Gasteiger partial charge in [-0.25, -0.2) is 13.1 Å². The van der Waals surface area contributed by atoms with Crippen LogP contribution in [0.5, 0.6) is 5.75 Å². The van der Waals surface area contributed by atoms with Gasteiger partial charge in [0, 0.05) is 36.2 Å². The zero-order chi connectivity index (χ0) is 32.9. The highest BCUT2D eigenvalue weighted by molar-refractivity contribution is 7.90. The highest BCUT2D eigenvalue weighted by atomic mass is 35.5. The van der Waals surface area contributed by atoms with E-state index in [1.54, 1.807) is 25.3 Å². The van der Waals surface area contributed by atoms with E-state index in [0.717, 1.165) is 32.1 Å². The molecular formula is C34H40ClF3N2O5S. The first kappa shape index (κ1) is 33.2. The first-order chi connectivity index (χ1) is 21.8. The van der Waals surface area contributed by atoms with Gasteiger partial charge in [0.1, 0.15) is 5.75 Å². The molecule has 250 valence electrons. The molecule has 0 saturated heterocycles. The van der Waals surface area contributed by atoms with Crippen molar-refractivity contribution in [1.82, 2.24) is 4.72 Å². The molecule has 6 rings (SSSR count). The molecular weight excluding hydrogens is 641 g/mol. The Morgan fingerprint density at radius 1 is 1.17 bits per heavy atom. The summed E-state index contributed by atoms with van der Waals surface area (Å²) in [6.07, 6.45) is 1.78. The van der Waals surface area contributed by atoms with E-state index in [0.29, 0.717) is 36.2 Å². The van der Waals surface area contributed by atoms with Crippen LogP contribution in [0.2, 0.25) is 5.02 Å². The molecule has 2 aromatic carbocycles. The lowest BCUT2D eigenvalue weighted by molar-refractivity contribution is -0.136. The number of benzene rings is 2. The van der Waals surface area contributed by atoms with Crippen LogP contribution in [-0.4, -0.2) is 58.7 Å². The van der Waals surface area contributed by atoms with Crippen molar-refractivity contribution >= 4 is 33.2 Å². The van der Waals surface area contributed by atoms with E-state index in [2.05, 4.69) is 11.0 Å². The molecule has 6 atom stereocenters. The van der Waals surface area contributed by atoms with Crippen LogP contribution in [0.25, 0.3) is 0 Å². The van der Waals surface area contributed by atoms with Crippen LogP contribution in [0.15, 0.2) is 48.6 Å². The van der Waals surface area contributed by atoms with Gasteiger partial charge in [0.25, 0.3) is 5.91 Å². The van der Waals surface area contributed by atoms with Crippen LogP contribution in [0.4, 0.5) is 18.9 Å². The van der Waals surface area contributed by atoms with Crippen molar-refractivity contribution < 1.29 is 35.9 Å². The molecule has 2 aromatic rings. The van der Waals surface area contributed by atoms with E-state index in [9.17, 15) is 26.4 Å². The Hall–Kier alpha value is -2.76. The molecule has 1 unspecified atom stereocenters. The predicted octanol–water partition coefficient (Wildman–Crippen LogP) is 6.83. The second-order valence-corrected chi connectivity index (χ2v) is 15.8. The van der Waals surface area contributed by atoms with Crippen molar-refractivity contribution in [3.05, 3.63) is 70.3 Å². The van der Waals surface area contributed by atoms with E-state index in [1.807, 2.05) is 22.9 Å². The number of halogens is 4. The van der Waals surface area contributed by atoms with Crippen LogP contribution >= 0.6 is 11.6 Å². The number of ether oxygens (including phenoxy) is 2. The fourth-order valence-corrected chi connectivity index (χ4v) is 9.73. The summed E-state index contributed by atoms with van der Waals surface area (Å²) < 4.78 is 82.0. The number of amides is 1. The van der Waals surface area contributed by atoms with Gasteiger partial charge in [-0.3, -0.25) is 4.79 Å². The summed E-state index contributed by atoms with van der Waals surface area (Å²) in [5, 5.41) is -1.17. The third-order valence-corrected chi connectivity index (χ3v) is 12.6. The molecule has 1 amide bonds. The molecule has 0 radical (unpaired) electrons. The number of rotatable bonds is 2. The Bertz CT molecular complexity index is 1620. The standard InChI is InChI=1S/C34H40ClF3N2O5S/c1-21-5-3-7-29(44-2)26-11-8-24(26)18-40-19-33(14-4-6-22-15-25(35)10-12-27(22)33)20-45-30-13-9-23(16-28(30)40)32(41)39-46(42,43)31(21)17-34(36,37)38/h3,7,9-10,12-13,15-16,21,24,26,29,31H,4-6,8,11,14,17-20H2,1-2H3,(H,39,41)/b7-3+/t21-,24?,26+,29-,31+,33-/m0/s1. The fraction of sp³-hybridized carbons (Fsp3) is 0.559. The van der Waals surface area contributed by atoms with Crippen LogP contribution < -0.4 is 14.4 Å². The lowest BCUT2D eigenvalue weighted by Gasteiger charge is -2.46. The van der Waals surface area contributed by atoms with Gasteiger partial charge in [-0.15, -0.1) is 0 Å². The average molecular weight is 681 g/mol. The Balaban J connectivity index is 1.43. The number of sulfonamides is 1. The third-order valence-electron chi connectivity index (χ3n) is 10.5. The number of nitrogens with zero attached hydrogens (tertiary/aromatic N) is 1. The first-order valence-corrected chi connectivity index (χ1v) is 17.8. The highest BCUT2D eigenvalue weighted by Crippen LogP contribution is 2.47. The van der Waals surface area contributed by atoms with Crippen molar-refractivity contribution in [2.75, 3.05) is 31.7 Å². The lowest BCUT2D eigenvalue weighted by atomic mass is 9.68. The van der Waals surface area contributed by atoms with E-state index in [1.165, 1.54) is 24.1 Å². The number of methoxy groups -OCH3 is 1. The molecule has 4 aliphatic rings. The molecule has 1 spiro atoms. The summed E-state index contributed by atoms with van der Waals surface area (Å²) in [6, 6.07) is 10.8. The Labute approximate surface area is 273 Å². The fourth-order valence-electron chi connectivity index (χ4n) is 7.88. The van der Waals surface area contributed by atoms with Crippen LogP contribution in [0.1, 0.15) is 66.9 Å². The number of hydrogen-bond acceptors (Lipinski definition) is 6. The van der Waals surface area contributed by atoms with Gasteiger partial charge >= 0.3 is 6.18 Å². The van der Waals surface area contributed by atoms with Gasteiger partial charge in [0.15, 0.2) is 0 Å². The topological polar surface area (TPSA) is 84.9 Å². The number of aryl methyl sites for hydroxylation is 1. The maximum absolute atomic E-state index is 13.6. The van der Waals surface area contributed by atoms with Gasteiger partial charge in [0.2, 0.25) is 10.0 Å². The number of fused-ring (bicyclic) bond motifs is 4. The summed E-state index contributed by atoms with van der Waals surface area (Å²) in [6.45, 7) is 3.17. The van der Waals surface area contributed by atoms with Crippen LogP contribution in [-0.2, 0) is 26.6 Å². The van der Waals surface area contributed by atoms with Gasteiger partial charge in [-0.1, -0.05) is 36.7 Å².